The lowest BCUT2D eigenvalue weighted by molar-refractivity contribution is -0.165. The molecular formula is C11H16F3NO2. The topological polar surface area (TPSA) is 38.7 Å². The highest BCUT2D eigenvalue weighted by molar-refractivity contribution is 5.94. The maximum absolute atomic E-state index is 11.8. The van der Waals surface area contributed by atoms with Crippen molar-refractivity contribution in [2.75, 3.05) is 0 Å². The molecule has 0 N–H and O–H groups in total. The summed E-state index contributed by atoms with van der Waals surface area (Å²) in [7, 11) is 0. The summed E-state index contributed by atoms with van der Waals surface area (Å²) in [5.74, 6) is -1.72. The zero-order chi connectivity index (χ0) is 13.6. The second kappa shape index (κ2) is 6.42. The SMILES string of the molecule is CC(C)C(=NO/C=C/C(=O)C(F)(F)F)C(C)C. The van der Waals surface area contributed by atoms with E-state index in [0.29, 0.717) is 18.0 Å². The lowest BCUT2D eigenvalue weighted by atomic mass is 9.98. The van der Waals surface area contributed by atoms with Gasteiger partial charge in [0, 0.05) is 6.08 Å². The number of nitrogens with zero attached hydrogens (tertiary/aromatic N) is 1. The third kappa shape index (κ3) is 6.09. The van der Waals surface area contributed by atoms with Gasteiger partial charge in [0.25, 0.3) is 5.78 Å². The molecule has 0 spiro atoms. The van der Waals surface area contributed by atoms with Crippen molar-refractivity contribution in [2.24, 2.45) is 17.0 Å². The molecule has 0 aliphatic rings. The smallest absolute Gasteiger partial charge is 0.365 e. The van der Waals surface area contributed by atoms with Crippen LogP contribution >= 0.6 is 0 Å². The lowest BCUT2D eigenvalue weighted by Crippen LogP contribution is -2.20. The minimum Gasteiger partial charge on any atom is -0.365 e. The molecule has 0 bridgehead atoms. The van der Waals surface area contributed by atoms with Crippen LogP contribution in [0.15, 0.2) is 17.5 Å². The second-order valence-corrected chi connectivity index (χ2v) is 4.10. The third-order valence-electron chi connectivity index (χ3n) is 1.90. The van der Waals surface area contributed by atoms with Gasteiger partial charge < -0.3 is 4.84 Å². The van der Waals surface area contributed by atoms with Crippen molar-refractivity contribution in [1.29, 1.82) is 0 Å². The highest BCUT2D eigenvalue weighted by Gasteiger charge is 2.36. The number of carbonyl (C=O) groups excluding carboxylic acids is 1. The Hall–Kier alpha value is -1.33. The van der Waals surface area contributed by atoms with Crippen LogP contribution in [0.1, 0.15) is 27.7 Å². The minimum absolute atomic E-state index is 0.127. The predicted molar refractivity (Wildman–Crippen MR) is 58.4 cm³/mol. The molecule has 0 radical (unpaired) electrons. The number of carbonyl (C=O) groups is 1. The molecule has 0 atom stereocenters. The molecule has 0 saturated heterocycles. The van der Waals surface area contributed by atoms with E-state index in [4.69, 9.17) is 0 Å². The Bertz CT molecular complexity index is 307. The first-order valence-electron chi connectivity index (χ1n) is 5.17. The summed E-state index contributed by atoms with van der Waals surface area (Å²) in [4.78, 5) is 15.0. The van der Waals surface area contributed by atoms with Gasteiger partial charge in [-0.2, -0.15) is 13.2 Å². The molecule has 0 aliphatic heterocycles. The Morgan fingerprint density at radius 3 is 2.00 bits per heavy atom. The van der Waals surface area contributed by atoms with Crippen LogP contribution in [-0.4, -0.2) is 17.7 Å². The van der Waals surface area contributed by atoms with Gasteiger partial charge in [-0.15, -0.1) is 0 Å². The number of halogens is 3. The van der Waals surface area contributed by atoms with E-state index in [1.165, 1.54) is 0 Å². The molecular weight excluding hydrogens is 235 g/mol. The van der Waals surface area contributed by atoms with E-state index in [2.05, 4.69) is 9.99 Å². The first-order chi connectivity index (χ1) is 7.66. The first kappa shape index (κ1) is 15.7. The summed E-state index contributed by atoms with van der Waals surface area (Å²) in [6.45, 7) is 7.58. The number of alkyl halides is 3. The second-order valence-electron chi connectivity index (χ2n) is 4.10. The number of hydrogen-bond acceptors (Lipinski definition) is 3. The summed E-state index contributed by atoms with van der Waals surface area (Å²) >= 11 is 0. The molecule has 0 aliphatic carbocycles. The van der Waals surface area contributed by atoms with E-state index in [1.54, 1.807) is 0 Å². The average Bonchev–Trinajstić information content (AvgIpc) is 2.14. The summed E-state index contributed by atoms with van der Waals surface area (Å²) in [5, 5.41) is 3.69. The monoisotopic (exact) mass is 251 g/mol. The fourth-order valence-corrected chi connectivity index (χ4v) is 1.16. The molecule has 6 heteroatoms. The van der Waals surface area contributed by atoms with E-state index in [9.17, 15) is 18.0 Å². The van der Waals surface area contributed by atoms with Gasteiger partial charge in [-0.05, 0) is 11.8 Å². The van der Waals surface area contributed by atoms with E-state index in [1.807, 2.05) is 27.7 Å². The molecule has 0 amide bonds. The predicted octanol–water partition coefficient (Wildman–Crippen LogP) is 3.32. The number of allylic oxidation sites excluding steroid dienone is 1. The van der Waals surface area contributed by atoms with Crippen LogP contribution in [0.5, 0.6) is 0 Å². The van der Waals surface area contributed by atoms with E-state index in [-0.39, 0.29) is 11.8 Å². The maximum Gasteiger partial charge on any atom is 0.454 e. The lowest BCUT2D eigenvalue weighted by Gasteiger charge is -2.11. The van der Waals surface area contributed by atoms with E-state index < -0.39 is 12.0 Å². The molecule has 0 rings (SSSR count). The quantitative estimate of drug-likeness (QED) is 0.325. The van der Waals surface area contributed by atoms with Gasteiger partial charge in [-0.1, -0.05) is 32.9 Å². The van der Waals surface area contributed by atoms with E-state index in [0.717, 1.165) is 0 Å². The molecule has 0 saturated carbocycles. The van der Waals surface area contributed by atoms with Crippen molar-refractivity contribution >= 4 is 11.5 Å². The molecule has 0 aromatic heterocycles. The first-order valence-corrected chi connectivity index (χ1v) is 5.17. The Morgan fingerprint density at radius 2 is 1.65 bits per heavy atom. The van der Waals surface area contributed by atoms with Gasteiger partial charge in [0.1, 0.15) is 6.26 Å². The van der Waals surface area contributed by atoms with Gasteiger partial charge in [0.15, 0.2) is 0 Å². The zero-order valence-corrected chi connectivity index (χ0v) is 10.2. The summed E-state index contributed by atoms with van der Waals surface area (Å²) in [6.07, 6.45) is -3.93. The van der Waals surface area contributed by atoms with Crippen molar-refractivity contribution < 1.29 is 22.8 Å². The van der Waals surface area contributed by atoms with Crippen LogP contribution in [0.3, 0.4) is 0 Å². The van der Waals surface area contributed by atoms with Gasteiger partial charge >= 0.3 is 6.18 Å². The highest BCUT2D eigenvalue weighted by Crippen LogP contribution is 2.16. The van der Waals surface area contributed by atoms with Gasteiger partial charge in [0.2, 0.25) is 0 Å². The molecule has 17 heavy (non-hydrogen) atoms. The molecule has 0 aromatic carbocycles. The maximum atomic E-state index is 11.8. The van der Waals surface area contributed by atoms with Crippen molar-refractivity contribution in [1.82, 2.24) is 0 Å². The number of rotatable bonds is 5. The third-order valence-corrected chi connectivity index (χ3v) is 1.90. The normalized spacial score (nSPS) is 12.3. The van der Waals surface area contributed by atoms with Crippen LogP contribution in [-0.2, 0) is 9.63 Å². The van der Waals surface area contributed by atoms with E-state index >= 15 is 0 Å². The van der Waals surface area contributed by atoms with Crippen LogP contribution in [0, 0.1) is 11.8 Å². The number of ketones is 1. The Balaban J connectivity index is 4.44. The van der Waals surface area contributed by atoms with Crippen LogP contribution in [0.2, 0.25) is 0 Å². The highest BCUT2D eigenvalue weighted by atomic mass is 19.4. The Labute approximate surface area is 98.3 Å². The van der Waals surface area contributed by atoms with Crippen molar-refractivity contribution in [3.63, 3.8) is 0 Å². The fraction of sp³-hybridized carbons (Fsp3) is 0.636. The summed E-state index contributed by atoms with van der Waals surface area (Å²) < 4.78 is 35.4. The molecule has 98 valence electrons. The molecule has 3 nitrogen and oxygen atoms in total. The van der Waals surface area contributed by atoms with Crippen LogP contribution in [0.4, 0.5) is 13.2 Å². The van der Waals surface area contributed by atoms with Crippen molar-refractivity contribution in [3.8, 4) is 0 Å². The fourth-order valence-electron chi connectivity index (χ4n) is 1.16. The Kier molecular flexibility index (Phi) is 5.91. The average molecular weight is 251 g/mol. The number of hydrogen-bond donors (Lipinski definition) is 0. The summed E-state index contributed by atoms with van der Waals surface area (Å²) in [6, 6.07) is 0. The van der Waals surface area contributed by atoms with Gasteiger partial charge in [0.05, 0.1) is 5.71 Å². The standard InChI is InChI=1S/C11H16F3NO2/c1-7(2)10(8(3)4)15-17-6-5-9(16)11(12,13)14/h5-8H,1-4H3/b6-5+. The van der Waals surface area contributed by atoms with Crippen LogP contribution in [0.25, 0.3) is 0 Å². The van der Waals surface area contributed by atoms with Crippen molar-refractivity contribution in [2.45, 2.75) is 33.9 Å². The van der Waals surface area contributed by atoms with Gasteiger partial charge in [-0.3, -0.25) is 4.79 Å². The van der Waals surface area contributed by atoms with Crippen LogP contribution < -0.4 is 0 Å². The molecule has 0 fully saturated rings. The Morgan fingerprint density at radius 1 is 1.18 bits per heavy atom. The minimum atomic E-state index is -4.87. The van der Waals surface area contributed by atoms with Crippen molar-refractivity contribution in [3.05, 3.63) is 12.3 Å². The summed E-state index contributed by atoms with van der Waals surface area (Å²) in [5.41, 5.74) is 0.717. The zero-order valence-electron chi connectivity index (χ0n) is 10.2. The molecule has 0 aromatic rings. The van der Waals surface area contributed by atoms with Gasteiger partial charge in [-0.25, -0.2) is 0 Å². The largest absolute Gasteiger partial charge is 0.454 e. The molecule has 0 unspecified atom stereocenters. The molecule has 0 heterocycles. The number of oxime groups is 1.